The zero-order valence-corrected chi connectivity index (χ0v) is 8.71. The van der Waals surface area contributed by atoms with E-state index < -0.39 is 0 Å². The summed E-state index contributed by atoms with van der Waals surface area (Å²) in [5.41, 5.74) is 7.68. The van der Waals surface area contributed by atoms with Crippen molar-refractivity contribution in [2.45, 2.75) is 13.5 Å². The molecule has 0 fully saturated rings. The summed E-state index contributed by atoms with van der Waals surface area (Å²) in [5, 5.41) is 0.996. The monoisotopic (exact) mass is 205 g/mol. The number of nitrogens with two attached hydrogens (primary N) is 1. The molecule has 0 saturated carbocycles. The van der Waals surface area contributed by atoms with Crippen LogP contribution in [0.15, 0.2) is 24.5 Å². The number of nitrogens with zero attached hydrogens (tertiary/aromatic N) is 2. The van der Waals surface area contributed by atoms with Gasteiger partial charge in [0.1, 0.15) is 5.01 Å². The van der Waals surface area contributed by atoms with E-state index in [0.717, 1.165) is 21.1 Å². The molecule has 0 atom stereocenters. The Morgan fingerprint density at radius 1 is 1.50 bits per heavy atom. The highest BCUT2D eigenvalue weighted by Crippen LogP contribution is 2.26. The van der Waals surface area contributed by atoms with Crippen molar-refractivity contribution in [2.24, 2.45) is 5.73 Å². The zero-order chi connectivity index (χ0) is 9.97. The molecule has 0 radical (unpaired) electrons. The number of thiazole rings is 1. The Kier molecular flexibility index (Phi) is 2.56. The molecule has 0 aliphatic heterocycles. The van der Waals surface area contributed by atoms with E-state index in [4.69, 9.17) is 5.73 Å². The van der Waals surface area contributed by atoms with Gasteiger partial charge in [-0.2, -0.15) is 0 Å². The second-order valence-electron chi connectivity index (χ2n) is 2.97. The van der Waals surface area contributed by atoms with Gasteiger partial charge in [-0.1, -0.05) is 0 Å². The second kappa shape index (κ2) is 3.86. The molecule has 0 aromatic carbocycles. The Hall–Kier alpha value is -1.26. The summed E-state index contributed by atoms with van der Waals surface area (Å²) in [4.78, 5) is 9.65. The number of pyridine rings is 1. The third kappa shape index (κ3) is 1.66. The summed E-state index contributed by atoms with van der Waals surface area (Å²) in [6.45, 7) is 2.54. The first-order chi connectivity index (χ1) is 6.81. The standard InChI is InChI=1S/C10H11N3S/c1-7-9(5-11)14-10(13-7)8-3-2-4-12-6-8/h2-4,6H,5,11H2,1H3. The molecule has 0 aliphatic rings. The fourth-order valence-corrected chi connectivity index (χ4v) is 2.16. The van der Waals surface area contributed by atoms with Crippen molar-refractivity contribution < 1.29 is 0 Å². The minimum absolute atomic E-state index is 0.559. The van der Waals surface area contributed by atoms with Gasteiger partial charge in [-0.3, -0.25) is 4.98 Å². The van der Waals surface area contributed by atoms with Crippen LogP contribution in [0.1, 0.15) is 10.6 Å². The Bertz CT molecular complexity index is 422. The van der Waals surface area contributed by atoms with E-state index in [1.165, 1.54) is 0 Å². The van der Waals surface area contributed by atoms with Gasteiger partial charge >= 0.3 is 0 Å². The third-order valence-electron chi connectivity index (χ3n) is 1.99. The molecule has 4 heteroatoms. The average Bonchev–Trinajstić information content (AvgIpc) is 2.61. The summed E-state index contributed by atoms with van der Waals surface area (Å²) in [6, 6.07) is 3.92. The van der Waals surface area contributed by atoms with Gasteiger partial charge in [0.05, 0.1) is 5.69 Å². The molecule has 14 heavy (non-hydrogen) atoms. The molecule has 0 amide bonds. The van der Waals surface area contributed by atoms with Crippen molar-refractivity contribution in [1.82, 2.24) is 9.97 Å². The lowest BCUT2D eigenvalue weighted by Gasteiger charge is -1.91. The summed E-state index contributed by atoms with van der Waals surface area (Å²) in [5.74, 6) is 0. The van der Waals surface area contributed by atoms with Crippen molar-refractivity contribution in [3.8, 4) is 10.6 Å². The number of aryl methyl sites for hydroxylation is 1. The quantitative estimate of drug-likeness (QED) is 0.815. The maximum Gasteiger partial charge on any atom is 0.125 e. The van der Waals surface area contributed by atoms with Gasteiger partial charge < -0.3 is 5.73 Å². The van der Waals surface area contributed by atoms with Gasteiger partial charge in [-0.05, 0) is 19.1 Å². The fraction of sp³-hybridized carbons (Fsp3) is 0.200. The molecule has 0 aliphatic carbocycles. The molecule has 0 unspecified atom stereocenters. The van der Waals surface area contributed by atoms with Gasteiger partial charge in [0.15, 0.2) is 0 Å². The molecular weight excluding hydrogens is 194 g/mol. The largest absolute Gasteiger partial charge is 0.326 e. The highest BCUT2D eigenvalue weighted by Gasteiger charge is 2.07. The van der Waals surface area contributed by atoms with Crippen LogP contribution in [0.3, 0.4) is 0 Å². The molecule has 2 aromatic heterocycles. The molecule has 2 aromatic rings. The predicted molar refractivity (Wildman–Crippen MR) is 58.0 cm³/mol. The van der Waals surface area contributed by atoms with E-state index in [1.54, 1.807) is 17.5 Å². The van der Waals surface area contributed by atoms with Crippen LogP contribution in [0.5, 0.6) is 0 Å². The van der Waals surface area contributed by atoms with Crippen LogP contribution in [0, 0.1) is 6.92 Å². The average molecular weight is 205 g/mol. The van der Waals surface area contributed by atoms with Gasteiger partial charge in [-0.15, -0.1) is 11.3 Å². The highest BCUT2D eigenvalue weighted by molar-refractivity contribution is 7.15. The normalized spacial score (nSPS) is 10.4. The van der Waals surface area contributed by atoms with Gasteiger partial charge in [0, 0.05) is 29.4 Å². The van der Waals surface area contributed by atoms with E-state index in [0.29, 0.717) is 6.54 Å². The SMILES string of the molecule is Cc1nc(-c2cccnc2)sc1CN. The highest BCUT2D eigenvalue weighted by atomic mass is 32.1. The molecule has 0 spiro atoms. The van der Waals surface area contributed by atoms with Crippen molar-refractivity contribution in [2.75, 3.05) is 0 Å². The zero-order valence-electron chi connectivity index (χ0n) is 7.90. The van der Waals surface area contributed by atoms with Crippen LogP contribution < -0.4 is 5.73 Å². The Morgan fingerprint density at radius 2 is 2.36 bits per heavy atom. The third-order valence-corrected chi connectivity index (χ3v) is 3.22. The summed E-state index contributed by atoms with van der Waals surface area (Å²) in [7, 11) is 0. The summed E-state index contributed by atoms with van der Waals surface area (Å²) < 4.78 is 0. The Morgan fingerprint density at radius 3 is 2.93 bits per heavy atom. The maximum atomic E-state index is 5.60. The molecule has 2 heterocycles. The lowest BCUT2D eigenvalue weighted by atomic mass is 10.3. The lowest BCUT2D eigenvalue weighted by Crippen LogP contribution is -1.94. The van der Waals surface area contributed by atoms with Gasteiger partial charge in [-0.25, -0.2) is 4.98 Å². The van der Waals surface area contributed by atoms with Crippen LogP contribution >= 0.6 is 11.3 Å². The van der Waals surface area contributed by atoms with Gasteiger partial charge in [0.2, 0.25) is 0 Å². The minimum atomic E-state index is 0.559. The fourth-order valence-electron chi connectivity index (χ4n) is 1.23. The first-order valence-electron chi connectivity index (χ1n) is 4.38. The first-order valence-corrected chi connectivity index (χ1v) is 5.19. The predicted octanol–water partition coefficient (Wildman–Crippen LogP) is 1.97. The molecular formula is C10H11N3S. The number of hydrogen-bond acceptors (Lipinski definition) is 4. The van der Waals surface area contributed by atoms with E-state index >= 15 is 0 Å². The van der Waals surface area contributed by atoms with Crippen LogP contribution in [-0.4, -0.2) is 9.97 Å². The molecule has 0 saturated heterocycles. The van der Waals surface area contributed by atoms with Crippen molar-refractivity contribution in [3.05, 3.63) is 35.1 Å². The van der Waals surface area contributed by atoms with Crippen LogP contribution in [0.2, 0.25) is 0 Å². The maximum absolute atomic E-state index is 5.60. The summed E-state index contributed by atoms with van der Waals surface area (Å²) >= 11 is 1.64. The second-order valence-corrected chi connectivity index (χ2v) is 4.06. The van der Waals surface area contributed by atoms with E-state index in [9.17, 15) is 0 Å². The molecule has 72 valence electrons. The smallest absolute Gasteiger partial charge is 0.125 e. The van der Waals surface area contributed by atoms with Crippen molar-refractivity contribution >= 4 is 11.3 Å². The molecule has 2 N–H and O–H groups in total. The number of hydrogen-bond donors (Lipinski definition) is 1. The van der Waals surface area contributed by atoms with Crippen LogP contribution in [0.4, 0.5) is 0 Å². The first kappa shape index (κ1) is 9.30. The summed E-state index contributed by atoms with van der Waals surface area (Å²) in [6.07, 6.45) is 3.58. The van der Waals surface area contributed by atoms with Crippen molar-refractivity contribution in [1.29, 1.82) is 0 Å². The molecule has 3 nitrogen and oxygen atoms in total. The lowest BCUT2D eigenvalue weighted by molar-refractivity contribution is 1.06. The number of aromatic nitrogens is 2. The van der Waals surface area contributed by atoms with Gasteiger partial charge in [0.25, 0.3) is 0 Å². The van der Waals surface area contributed by atoms with Crippen LogP contribution in [0.25, 0.3) is 10.6 Å². The van der Waals surface area contributed by atoms with E-state index in [-0.39, 0.29) is 0 Å². The van der Waals surface area contributed by atoms with Crippen LogP contribution in [-0.2, 0) is 6.54 Å². The minimum Gasteiger partial charge on any atom is -0.326 e. The number of rotatable bonds is 2. The van der Waals surface area contributed by atoms with E-state index in [1.807, 2.05) is 25.3 Å². The molecule has 2 rings (SSSR count). The Balaban J connectivity index is 2.43. The topological polar surface area (TPSA) is 51.8 Å². The molecule has 0 bridgehead atoms. The Labute approximate surface area is 86.6 Å². The van der Waals surface area contributed by atoms with E-state index in [2.05, 4.69) is 9.97 Å². The van der Waals surface area contributed by atoms with Crippen molar-refractivity contribution in [3.63, 3.8) is 0 Å².